The van der Waals surface area contributed by atoms with E-state index in [9.17, 15) is 14.9 Å². The molecule has 3 rings (SSSR count). The molecule has 1 N–H and O–H groups in total. The Bertz CT molecular complexity index is 966. The molecular formula is C19H17N3O3. The van der Waals surface area contributed by atoms with Crippen molar-refractivity contribution < 1.29 is 9.72 Å². The van der Waals surface area contributed by atoms with Gasteiger partial charge in [0.1, 0.15) is 0 Å². The predicted octanol–water partition coefficient (Wildman–Crippen LogP) is 4.27. The first-order valence-electron chi connectivity index (χ1n) is 7.95. The third kappa shape index (κ3) is 3.19. The Labute approximate surface area is 144 Å². The number of nitrogens with zero attached hydrogens (tertiary/aromatic N) is 2. The Kier molecular flexibility index (Phi) is 4.43. The molecule has 2 aromatic carbocycles. The maximum absolute atomic E-state index is 12.9. The van der Waals surface area contributed by atoms with Crippen molar-refractivity contribution in [1.82, 2.24) is 4.98 Å². The summed E-state index contributed by atoms with van der Waals surface area (Å²) in [5.41, 5.74) is 3.58. The first kappa shape index (κ1) is 16.6. The fraction of sp³-hybridized carbons (Fsp3) is 0.158. The van der Waals surface area contributed by atoms with Crippen molar-refractivity contribution in [2.45, 2.75) is 20.3 Å². The van der Waals surface area contributed by atoms with Gasteiger partial charge >= 0.3 is 0 Å². The maximum Gasteiger partial charge on any atom is 0.269 e. The summed E-state index contributed by atoms with van der Waals surface area (Å²) < 4.78 is 0. The van der Waals surface area contributed by atoms with Gasteiger partial charge in [0.25, 0.3) is 11.6 Å². The van der Waals surface area contributed by atoms with Crippen molar-refractivity contribution in [2.75, 3.05) is 5.32 Å². The minimum atomic E-state index is -0.473. The summed E-state index contributed by atoms with van der Waals surface area (Å²) in [7, 11) is 0. The highest BCUT2D eigenvalue weighted by Gasteiger charge is 2.17. The standard InChI is InChI=1S/C19H17N3O3/c1-3-16-12(2)18(15-6-4-5-7-17(15)21-16)19(23)20-13-8-10-14(11-9-13)22(24)25/h4-11H,3H2,1-2H3,(H,20,23). The second kappa shape index (κ2) is 6.68. The minimum Gasteiger partial charge on any atom is -0.322 e. The van der Waals surface area contributed by atoms with Crippen LogP contribution < -0.4 is 5.32 Å². The van der Waals surface area contributed by atoms with Crippen LogP contribution in [0.3, 0.4) is 0 Å². The van der Waals surface area contributed by atoms with E-state index in [1.54, 1.807) is 0 Å². The number of carbonyl (C=O) groups is 1. The SMILES string of the molecule is CCc1nc2ccccc2c(C(=O)Nc2ccc([N+](=O)[O-])cc2)c1C. The van der Waals surface area contributed by atoms with Crippen molar-refractivity contribution in [2.24, 2.45) is 0 Å². The van der Waals surface area contributed by atoms with Crippen LogP contribution in [0.5, 0.6) is 0 Å². The summed E-state index contributed by atoms with van der Waals surface area (Å²) >= 11 is 0. The molecule has 0 bridgehead atoms. The third-order valence-electron chi connectivity index (χ3n) is 4.13. The molecule has 6 nitrogen and oxygen atoms in total. The average molecular weight is 335 g/mol. The number of para-hydroxylation sites is 1. The minimum absolute atomic E-state index is 0.0168. The lowest BCUT2D eigenvalue weighted by molar-refractivity contribution is -0.384. The number of hydrogen-bond acceptors (Lipinski definition) is 4. The molecular weight excluding hydrogens is 318 g/mol. The van der Waals surface area contributed by atoms with Crippen molar-refractivity contribution in [1.29, 1.82) is 0 Å². The van der Waals surface area contributed by atoms with Gasteiger partial charge < -0.3 is 5.32 Å². The molecule has 0 atom stereocenters. The van der Waals surface area contributed by atoms with E-state index < -0.39 is 4.92 Å². The van der Waals surface area contributed by atoms with Gasteiger partial charge in [-0.15, -0.1) is 0 Å². The van der Waals surface area contributed by atoms with Crippen LogP contribution in [-0.2, 0) is 6.42 Å². The number of rotatable bonds is 4. The zero-order valence-corrected chi connectivity index (χ0v) is 13.9. The monoisotopic (exact) mass is 335 g/mol. The van der Waals surface area contributed by atoms with Crippen molar-refractivity contribution in [3.05, 3.63) is 75.5 Å². The Hall–Kier alpha value is -3.28. The molecule has 126 valence electrons. The number of hydrogen-bond donors (Lipinski definition) is 1. The molecule has 0 saturated carbocycles. The van der Waals surface area contributed by atoms with Crippen molar-refractivity contribution in [3.8, 4) is 0 Å². The molecule has 25 heavy (non-hydrogen) atoms. The largest absolute Gasteiger partial charge is 0.322 e. The van der Waals surface area contributed by atoms with Crippen LogP contribution in [0.4, 0.5) is 11.4 Å². The van der Waals surface area contributed by atoms with Crippen LogP contribution >= 0.6 is 0 Å². The molecule has 3 aromatic rings. The summed E-state index contributed by atoms with van der Waals surface area (Å²) in [6.07, 6.45) is 0.731. The van der Waals surface area contributed by atoms with Crippen LogP contribution in [0.2, 0.25) is 0 Å². The van der Waals surface area contributed by atoms with Crippen LogP contribution in [0.1, 0.15) is 28.5 Å². The number of nitrogens with one attached hydrogen (secondary N) is 1. The second-order valence-electron chi connectivity index (χ2n) is 5.69. The van der Waals surface area contributed by atoms with Gasteiger partial charge in [-0.2, -0.15) is 0 Å². The van der Waals surface area contributed by atoms with E-state index in [4.69, 9.17) is 0 Å². The number of anilines is 1. The first-order chi connectivity index (χ1) is 12.0. The number of aromatic nitrogens is 1. The molecule has 1 amide bonds. The molecule has 0 saturated heterocycles. The second-order valence-corrected chi connectivity index (χ2v) is 5.69. The summed E-state index contributed by atoms with van der Waals surface area (Å²) in [5.74, 6) is -0.250. The van der Waals surface area contributed by atoms with Gasteiger partial charge in [-0.1, -0.05) is 25.1 Å². The molecule has 0 radical (unpaired) electrons. The smallest absolute Gasteiger partial charge is 0.269 e. The van der Waals surface area contributed by atoms with Crippen LogP contribution in [0.15, 0.2) is 48.5 Å². The number of nitro groups is 1. The Morgan fingerprint density at radius 2 is 1.84 bits per heavy atom. The lowest BCUT2D eigenvalue weighted by atomic mass is 9.99. The van der Waals surface area contributed by atoms with E-state index in [1.165, 1.54) is 24.3 Å². The van der Waals surface area contributed by atoms with Crippen LogP contribution in [0, 0.1) is 17.0 Å². The highest BCUT2D eigenvalue weighted by atomic mass is 16.6. The van der Waals surface area contributed by atoms with Gasteiger partial charge in [-0.05, 0) is 37.1 Å². The topological polar surface area (TPSA) is 85.1 Å². The van der Waals surface area contributed by atoms with E-state index in [-0.39, 0.29) is 11.6 Å². The summed E-state index contributed by atoms with van der Waals surface area (Å²) in [6, 6.07) is 13.3. The van der Waals surface area contributed by atoms with Crippen LogP contribution in [0.25, 0.3) is 10.9 Å². The zero-order valence-electron chi connectivity index (χ0n) is 13.9. The molecule has 0 spiro atoms. The van der Waals surface area contributed by atoms with E-state index in [0.29, 0.717) is 11.3 Å². The average Bonchev–Trinajstić information content (AvgIpc) is 2.61. The fourth-order valence-electron chi connectivity index (χ4n) is 2.85. The van der Waals surface area contributed by atoms with E-state index in [0.717, 1.165) is 28.6 Å². The number of amides is 1. The number of aryl methyl sites for hydroxylation is 1. The van der Waals surface area contributed by atoms with E-state index in [2.05, 4.69) is 10.3 Å². The highest BCUT2D eigenvalue weighted by Crippen LogP contribution is 2.25. The molecule has 6 heteroatoms. The first-order valence-corrected chi connectivity index (χ1v) is 7.95. The summed E-state index contributed by atoms with van der Waals surface area (Å²) in [4.78, 5) is 27.7. The van der Waals surface area contributed by atoms with Crippen molar-refractivity contribution >= 4 is 28.2 Å². The molecule has 0 unspecified atom stereocenters. The molecule has 0 aliphatic carbocycles. The number of pyridine rings is 1. The van der Waals surface area contributed by atoms with Crippen LogP contribution in [-0.4, -0.2) is 15.8 Å². The normalized spacial score (nSPS) is 10.6. The lowest BCUT2D eigenvalue weighted by Crippen LogP contribution is -2.15. The molecule has 1 aromatic heterocycles. The Balaban J connectivity index is 2.01. The van der Waals surface area contributed by atoms with Crippen molar-refractivity contribution in [3.63, 3.8) is 0 Å². The number of benzene rings is 2. The predicted molar refractivity (Wildman–Crippen MR) is 96.9 cm³/mol. The van der Waals surface area contributed by atoms with Gasteiger partial charge in [-0.3, -0.25) is 19.9 Å². The van der Waals surface area contributed by atoms with Gasteiger partial charge in [0.15, 0.2) is 0 Å². The Morgan fingerprint density at radius 1 is 1.16 bits per heavy atom. The molecule has 1 heterocycles. The number of carbonyl (C=O) groups excluding carboxylic acids is 1. The number of nitro benzene ring substituents is 1. The summed E-state index contributed by atoms with van der Waals surface area (Å²) in [6.45, 7) is 3.89. The number of fused-ring (bicyclic) bond motifs is 1. The Morgan fingerprint density at radius 3 is 2.48 bits per heavy atom. The fourth-order valence-corrected chi connectivity index (χ4v) is 2.85. The quantitative estimate of drug-likeness (QED) is 0.570. The van der Waals surface area contributed by atoms with Gasteiger partial charge in [-0.25, -0.2) is 0 Å². The van der Waals surface area contributed by atoms with Gasteiger partial charge in [0.05, 0.1) is 16.0 Å². The maximum atomic E-state index is 12.9. The molecule has 0 aliphatic rings. The van der Waals surface area contributed by atoms with Gasteiger partial charge in [0, 0.05) is 28.9 Å². The third-order valence-corrected chi connectivity index (χ3v) is 4.13. The molecule has 0 fully saturated rings. The molecule has 0 aliphatic heterocycles. The zero-order chi connectivity index (χ0) is 18.0. The highest BCUT2D eigenvalue weighted by molar-refractivity contribution is 6.13. The lowest BCUT2D eigenvalue weighted by Gasteiger charge is -2.13. The summed E-state index contributed by atoms with van der Waals surface area (Å²) in [5, 5.41) is 14.3. The number of non-ortho nitro benzene ring substituents is 1. The van der Waals surface area contributed by atoms with E-state index in [1.807, 2.05) is 38.1 Å². The van der Waals surface area contributed by atoms with Gasteiger partial charge in [0.2, 0.25) is 0 Å². The van der Waals surface area contributed by atoms with E-state index >= 15 is 0 Å².